The lowest BCUT2D eigenvalue weighted by molar-refractivity contribution is 0.0943. The molecule has 2 aromatic rings. The van der Waals surface area contributed by atoms with E-state index >= 15 is 0 Å². The maximum Gasteiger partial charge on any atom is 0.269 e. The molecule has 0 aliphatic rings. The van der Waals surface area contributed by atoms with Crippen LogP contribution in [0.4, 0.5) is 0 Å². The fraction of sp³-hybridized carbons (Fsp3) is 0.263. The topological polar surface area (TPSA) is 62.4 Å². The summed E-state index contributed by atoms with van der Waals surface area (Å²) in [6.45, 7) is 4.78. The van der Waals surface area contributed by atoms with Crippen LogP contribution in [0.3, 0.4) is 0 Å². The van der Waals surface area contributed by atoms with E-state index in [-0.39, 0.29) is 5.91 Å². The average molecular weight is 357 g/mol. The summed E-state index contributed by atoms with van der Waals surface area (Å²) < 4.78 is 5.12. The van der Waals surface area contributed by atoms with Gasteiger partial charge in [0, 0.05) is 12.1 Å². The molecule has 0 saturated carbocycles. The van der Waals surface area contributed by atoms with Gasteiger partial charge in [0.05, 0.1) is 7.11 Å². The monoisotopic (exact) mass is 357 g/mol. The number of hydrogen-bond acceptors (Lipinski definition) is 3. The van der Waals surface area contributed by atoms with Crippen molar-refractivity contribution >= 4 is 23.2 Å². The highest BCUT2D eigenvalue weighted by molar-refractivity contribution is 7.80. The third-order valence-electron chi connectivity index (χ3n) is 3.74. The van der Waals surface area contributed by atoms with Crippen LogP contribution in [-0.4, -0.2) is 18.1 Å². The molecule has 0 aliphatic carbocycles. The molecule has 0 heterocycles. The molecule has 6 heteroatoms. The molecule has 0 fully saturated rings. The van der Waals surface area contributed by atoms with Gasteiger partial charge in [-0.3, -0.25) is 15.6 Å². The summed E-state index contributed by atoms with van der Waals surface area (Å²) in [5, 5.41) is 3.38. The van der Waals surface area contributed by atoms with E-state index in [1.807, 2.05) is 36.4 Å². The van der Waals surface area contributed by atoms with Crippen molar-refractivity contribution in [2.75, 3.05) is 7.11 Å². The fourth-order valence-electron chi connectivity index (χ4n) is 2.18. The van der Waals surface area contributed by atoms with Gasteiger partial charge in [0.2, 0.25) is 0 Å². The lowest BCUT2D eigenvalue weighted by Gasteiger charge is -2.12. The number of rotatable bonds is 5. The van der Waals surface area contributed by atoms with Crippen LogP contribution < -0.4 is 20.9 Å². The van der Waals surface area contributed by atoms with Gasteiger partial charge in [-0.05, 0) is 53.5 Å². The molecule has 5 nitrogen and oxygen atoms in total. The minimum Gasteiger partial charge on any atom is -0.497 e. The molecule has 0 aliphatic heterocycles. The Morgan fingerprint density at radius 3 is 2.24 bits per heavy atom. The van der Waals surface area contributed by atoms with Crippen LogP contribution in [0.5, 0.6) is 5.75 Å². The fourth-order valence-corrected chi connectivity index (χ4v) is 2.30. The first-order chi connectivity index (χ1) is 12.0. The minimum absolute atomic E-state index is 0.232. The van der Waals surface area contributed by atoms with E-state index in [1.165, 1.54) is 5.56 Å². The number of nitrogens with one attached hydrogen (secondary N) is 3. The van der Waals surface area contributed by atoms with Gasteiger partial charge >= 0.3 is 0 Å². The number of carbonyl (C=O) groups is 1. The Morgan fingerprint density at radius 2 is 1.68 bits per heavy atom. The molecule has 0 saturated heterocycles. The highest BCUT2D eigenvalue weighted by atomic mass is 32.1. The molecule has 0 bridgehead atoms. The summed E-state index contributed by atoms with van der Waals surface area (Å²) in [4.78, 5) is 12.1. The summed E-state index contributed by atoms with van der Waals surface area (Å²) in [5.74, 6) is 1.01. The van der Waals surface area contributed by atoms with Crippen molar-refractivity contribution in [2.24, 2.45) is 0 Å². The third-order valence-corrected chi connectivity index (χ3v) is 3.99. The predicted molar refractivity (Wildman–Crippen MR) is 104 cm³/mol. The Bertz CT molecular complexity index is 712. The summed E-state index contributed by atoms with van der Waals surface area (Å²) in [6, 6.07) is 15.2. The standard InChI is InChI=1S/C19H23N3O2S/c1-13(2)15-6-8-16(9-7-15)18(23)21-22-19(25)20-12-14-4-10-17(24-3)11-5-14/h4-11,13H,12H2,1-3H3,(H,21,23)(H2,20,22,25). The smallest absolute Gasteiger partial charge is 0.269 e. The van der Waals surface area contributed by atoms with Crippen LogP contribution >= 0.6 is 12.2 Å². The molecule has 132 valence electrons. The normalized spacial score (nSPS) is 10.2. The van der Waals surface area contributed by atoms with E-state index in [0.717, 1.165) is 11.3 Å². The van der Waals surface area contributed by atoms with Crippen LogP contribution in [0, 0.1) is 0 Å². The maximum atomic E-state index is 12.1. The van der Waals surface area contributed by atoms with Gasteiger partial charge in [-0.1, -0.05) is 38.1 Å². The van der Waals surface area contributed by atoms with E-state index in [2.05, 4.69) is 30.0 Å². The zero-order valence-corrected chi connectivity index (χ0v) is 15.4. The summed E-state index contributed by atoms with van der Waals surface area (Å²) in [6.07, 6.45) is 0. The SMILES string of the molecule is COc1ccc(CNC(=S)NNC(=O)c2ccc(C(C)C)cc2)cc1. The van der Waals surface area contributed by atoms with Crippen molar-refractivity contribution in [1.82, 2.24) is 16.2 Å². The van der Waals surface area contributed by atoms with Crippen molar-refractivity contribution < 1.29 is 9.53 Å². The zero-order chi connectivity index (χ0) is 18.2. The Morgan fingerprint density at radius 1 is 1.04 bits per heavy atom. The van der Waals surface area contributed by atoms with Crippen LogP contribution in [0.25, 0.3) is 0 Å². The van der Waals surface area contributed by atoms with Crippen molar-refractivity contribution in [2.45, 2.75) is 26.3 Å². The Kier molecular flexibility index (Phi) is 6.77. The number of ether oxygens (including phenoxy) is 1. The number of benzene rings is 2. The quantitative estimate of drug-likeness (QED) is 0.567. The second kappa shape index (κ2) is 9.03. The molecule has 2 rings (SSSR count). The molecule has 0 aromatic heterocycles. The van der Waals surface area contributed by atoms with Gasteiger partial charge in [0.15, 0.2) is 5.11 Å². The minimum atomic E-state index is -0.232. The van der Waals surface area contributed by atoms with Crippen molar-refractivity contribution in [3.8, 4) is 5.75 Å². The summed E-state index contributed by atoms with van der Waals surface area (Å²) in [5.41, 5.74) is 8.13. The lowest BCUT2D eigenvalue weighted by Crippen LogP contribution is -2.46. The van der Waals surface area contributed by atoms with Gasteiger partial charge in [-0.25, -0.2) is 0 Å². The first-order valence-corrected chi connectivity index (χ1v) is 8.47. The lowest BCUT2D eigenvalue weighted by atomic mass is 10.0. The highest BCUT2D eigenvalue weighted by Gasteiger charge is 2.07. The van der Waals surface area contributed by atoms with Crippen molar-refractivity contribution in [3.05, 3.63) is 65.2 Å². The number of carbonyl (C=O) groups excluding carboxylic acids is 1. The molecule has 0 spiro atoms. The van der Waals surface area contributed by atoms with Gasteiger partial charge < -0.3 is 10.1 Å². The maximum absolute atomic E-state index is 12.1. The first-order valence-electron chi connectivity index (χ1n) is 8.06. The summed E-state index contributed by atoms with van der Waals surface area (Å²) >= 11 is 5.16. The predicted octanol–water partition coefficient (Wildman–Crippen LogP) is 3.13. The number of hydrogen-bond donors (Lipinski definition) is 3. The number of thiocarbonyl (C=S) groups is 1. The van der Waals surface area contributed by atoms with Gasteiger partial charge in [0.25, 0.3) is 5.91 Å². The Balaban J connectivity index is 1.77. The van der Waals surface area contributed by atoms with Crippen LogP contribution in [0.15, 0.2) is 48.5 Å². The van der Waals surface area contributed by atoms with Gasteiger partial charge in [-0.2, -0.15) is 0 Å². The zero-order valence-electron chi connectivity index (χ0n) is 14.6. The van der Waals surface area contributed by atoms with Crippen LogP contribution in [0.2, 0.25) is 0 Å². The molecule has 0 atom stereocenters. The van der Waals surface area contributed by atoms with Crippen LogP contribution in [-0.2, 0) is 6.54 Å². The van der Waals surface area contributed by atoms with E-state index in [9.17, 15) is 4.79 Å². The molecule has 0 radical (unpaired) electrons. The van der Waals surface area contributed by atoms with Crippen molar-refractivity contribution in [3.63, 3.8) is 0 Å². The molecule has 1 amide bonds. The average Bonchev–Trinajstić information content (AvgIpc) is 2.64. The van der Waals surface area contributed by atoms with E-state index < -0.39 is 0 Å². The summed E-state index contributed by atoms with van der Waals surface area (Å²) in [7, 11) is 1.63. The van der Waals surface area contributed by atoms with Crippen LogP contribution in [0.1, 0.15) is 41.3 Å². The second-order valence-electron chi connectivity index (χ2n) is 5.89. The van der Waals surface area contributed by atoms with Gasteiger partial charge in [-0.15, -0.1) is 0 Å². The Labute approximate surface area is 153 Å². The molecular formula is C19H23N3O2S. The second-order valence-corrected chi connectivity index (χ2v) is 6.29. The molecule has 2 aromatic carbocycles. The number of methoxy groups -OCH3 is 1. The molecular weight excluding hydrogens is 334 g/mol. The van der Waals surface area contributed by atoms with E-state index in [4.69, 9.17) is 17.0 Å². The largest absolute Gasteiger partial charge is 0.497 e. The van der Waals surface area contributed by atoms with Crippen molar-refractivity contribution in [1.29, 1.82) is 0 Å². The molecule has 25 heavy (non-hydrogen) atoms. The highest BCUT2D eigenvalue weighted by Crippen LogP contribution is 2.14. The molecule has 3 N–H and O–H groups in total. The van der Waals surface area contributed by atoms with E-state index in [1.54, 1.807) is 19.2 Å². The number of amides is 1. The Hall–Kier alpha value is -2.60. The van der Waals surface area contributed by atoms with E-state index in [0.29, 0.717) is 23.1 Å². The molecule has 0 unspecified atom stereocenters. The third kappa shape index (κ3) is 5.76. The number of hydrazine groups is 1. The van der Waals surface area contributed by atoms with Gasteiger partial charge in [0.1, 0.15) is 5.75 Å². The first kappa shape index (κ1) is 18.7.